The van der Waals surface area contributed by atoms with Crippen LogP contribution in [-0.2, 0) is 5.67 Å². The lowest BCUT2D eigenvalue weighted by Gasteiger charge is -2.32. The maximum atomic E-state index is 14.0. The molecule has 1 unspecified atom stereocenters. The highest BCUT2D eigenvalue weighted by Gasteiger charge is 2.71. The third kappa shape index (κ3) is 3.33. The average molecular weight is 388 g/mol. The Bertz CT molecular complexity index is 499. The number of nitrogen functional groups attached to an aromatic ring is 1. The number of ether oxygens (including phenoxy) is 1. The summed E-state index contributed by atoms with van der Waals surface area (Å²) in [4.78, 5) is -5.05. The van der Waals surface area contributed by atoms with Crippen LogP contribution in [0.5, 0.6) is 5.75 Å². The van der Waals surface area contributed by atoms with Gasteiger partial charge in [-0.1, -0.05) is 6.07 Å². The zero-order valence-electron chi connectivity index (χ0n) is 9.70. The van der Waals surface area contributed by atoms with Crippen molar-refractivity contribution in [2.24, 2.45) is 0 Å². The molecule has 0 aliphatic carbocycles. The molecular formula is C10H6BrF8NO. The van der Waals surface area contributed by atoms with E-state index in [0.717, 1.165) is 0 Å². The molecule has 1 atom stereocenters. The molecule has 0 amide bonds. The minimum Gasteiger partial charge on any atom is -0.433 e. The maximum Gasteiger partial charge on any atom is 0.433 e. The van der Waals surface area contributed by atoms with Gasteiger partial charge >= 0.3 is 23.3 Å². The molecule has 1 aromatic carbocycles. The van der Waals surface area contributed by atoms with Crippen molar-refractivity contribution in [3.63, 3.8) is 0 Å². The van der Waals surface area contributed by atoms with Gasteiger partial charge in [0.15, 0.2) is 0 Å². The van der Waals surface area contributed by atoms with E-state index in [0.29, 0.717) is 12.1 Å². The predicted molar refractivity (Wildman–Crippen MR) is 60.2 cm³/mol. The number of nitrogens with two attached hydrogens (primary N) is 1. The van der Waals surface area contributed by atoms with E-state index in [9.17, 15) is 35.1 Å². The van der Waals surface area contributed by atoms with E-state index in [-0.39, 0.29) is 6.07 Å². The molecule has 0 aliphatic heterocycles. The van der Waals surface area contributed by atoms with Crippen LogP contribution in [-0.4, -0.2) is 17.6 Å². The Labute approximate surface area is 121 Å². The second-order valence-electron chi connectivity index (χ2n) is 3.79. The molecular weight excluding hydrogens is 382 g/mol. The normalized spacial score (nSPS) is 15.9. The first-order valence-electron chi connectivity index (χ1n) is 4.98. The molecule has 21 heavy (non-hydrogen) atoms. The Morgan fingerprint density at radius 1 is 1.05 bits per heavy atom. The summed E-state index contributed by atoms with van der Waals surface area (Å²) in [6, 6.07) is 0.895. The molecule has 2 nitrogen and oxygen atoms in total. The molecule has 0 spiro atoms. The molecule has 0 aliphatic rings. The minimum absolute atomic E-state index is 0.0458. The summed E-state index contributed by atoms with van der Waals surface area (Å²) < 4.78 is 106. The predicted octanol–water partition coefficient (Wildman–Crippen LogP) is 4.59. The fourth-order valence-corrected chi connectivity index (χ4v) is 1.89. The van der Waals surface area contributed by atoms with Crippen LogP contribution in [0, 0.1) is 0 Å². The Balaban J connectivity index is 3.48. The second-order valence-corrected chi connectivity index (χ2v) is 4.78. The van der Waals surface area contributed by atoms with Crippen LogP contribution in [0.4, 0.5) is 40.8 Å². The van der Waals surface area contributed by atoms with E-state index < -0.39 is 40.3 Å². The van der Waals surface area contributed by atoms with E-state index >= 15 is 0 Å². The van der Waals surface area contributed by atoms with Gasteiger partial charge in [0.1, 0.15) is 5.75 Å². The van der Waals surface area contributed by atoms with Gasteiger partial charge in [0.05, 0.1) is 5.69 Å². The topological polar surface area (TPSA) is 35.2 Å². The van der Waals surface area contributed by atoms with Crippen molar-refractivity contribution in [3.8, 4) is 5.75 Å². The van der Waals surface area contributed by atoms with Gasteiger partial charge in [0.25, 0.3) is 0 Å². The highest BCUT2D eigenvalue weighted by atomic mass is 79.9. The quantitative estimate of drug-likeness (QED) is 0.466. The summed E-state index contributed by atoms with van der Waals surface area (Å²) in [7, 11) is 0. The highest BCUT2D eigenvalue weighted by Crippen LogP contribution is 2.55. The number of hydrogen-bond acceptors (Lipinski definition) is 2. The fourth-order valence-electron chi connectivity index (χ4n) is 1.43. The van der Waals surface area contributed by atoms with Gasteiger partial charge in [0.2, 0.25) is 0 Å². The van der Waals surface area contributed by atoms with Crippen LogP contribution in [0.15, 0.2) is 18.2 Å². The summed E-state index contributed by atoms with van der Waals surface area (Å²) in [6.45, 7) is -3.48. The van der Waals surface area contributed by atoms with Gasteiger partial charge < -0.3 is 10.5 Å². The van der Waals surface area contributed by atoms with Gasteiger partial charge in [-0.2, -0.15) is 30.7 Å². The van der Waals surface area contributed by atoms with Gasteiger partial charge in [-0.15, -0.1) is 0 Å². The van der Waals surface area contributed by atoms with Gasteiger partial charge in [-0.05, 0) is 28.1 Å². The van der Waals surface area contributed by atoms with E-state index in [1.54, 1.807) is 0 Å². The molecule has 0 fully saturated rings. The molecule has 0 aromatic heterocycles. The van der Waals surface area contributed by atoms with Crippen LogP contribution in [0.3, 0.4) is 0 Å². The van der Waals surface area contributed by atoms with E-state index in [4.69, 9.17) is 5.73 Å². The van der Waals surface area contributed by atoms with Crippen molar-refractivity contribution in [2.75, 3.05) is 5.73 Å². The van der Waals surface area contributed by atoms with Crippen molar-refractivity contribution in [1.29, 1.82) is 0 Å². The van der Waals surface area contributed by atoms with Crippen molar-refractivity contribution in [1.82, 2.24) is 0 Å². The number of benzene rings is 1. The monoisotopic (exact) mass is 387 g/mol. The first-order valence-corrected chi connectivity index (χ1v) is 5.77. The standard InChI is InChI=1S/C10H6BrF8NO/c11-9(15,16)8(14,10(17,18)19)4-1-2-5(20)6(3-4)21-7(12)13/h1-3,7H,20H2. The summed E-state index contributed by atoms with van der Waals surface area (Å²) in [5, 5.41) is 0. The Morgan fingerprint density at radius 2 is 1.57 bits per heavy atom. The lowest BCUT2D eigenvalue weighted by Crippen LogP contribution is -2.49. The van der Waals surface area contributed by atoms with Crippen molar-refractivity contribution in [3.05, 3.63) is 23.8 Å². The van der Waals surface area contributed by atoms with Crippen LogP contribution in [0.2, 0.25) is 0 Å². The summed E-state index contributed by atoms with van der Waals surface area (Å²) in [6.07, 6.45) is -6.03. The molecule has 0 saturated heterocycles. The van der Waals surface area contributed by atoms with E-state index in [2.05, 4.69) is 4.74 Å². The molecule has 1 aromatic rings. The van der Waals surface area contributed by atoms with Crippen molar-refractivity contribution < 1.29 is 39.9 Å². The molecule has 120 valence electrons. The van der Waals surface area contributed by atoms with Crippen LogP contribution < -0.4 is 10.5 Å². The number of rotatable bonds is 4. The SMILES string of the molecule is Nc1ccc(C(F)(C(F)(F)F)C(F)(F)Br)cc1OC(F)F. The third-order valence-corrected chi connectivity index (χ3v) is 2.95. The number of anilines is 1. The van der Waals surface area contributed by atoms with Crippen LogP contribution in [0.25, 0.3) is 0 Å². The zero-order valence-corrected chi connectivity index (χ0v) is 11.3. The van der Waals surface area contributed by atoms with E-state index in [1.807, 2.05) is 0 Å². The Morgan fingerprint density at radius 3 is 1.95 bits per heavy atom. The molecule has 0 radical (unpaired) electrons. The van der Waals surface area contributed by atoms with Gasteiger partial charge in [-0.25, -0.2) is 4.39 Å². The number of halogens is 9. The number of hydrogen-bond donors (Lipinski definition) is 1. The molecule has 0 saturated carbocycles. The fraction of sp³-hybridized carbons (Fsp3) is 0.400. The number of alkyl halides is 9. The first-order chi connectivity index (χ1) is 9.30. The smallest absolute Gasteiger partial charge is 0.433 e. The van der Waals surface area contributed by atoms with Crippen LogP contribution in [0.1, 0.15) is 5.56 Å². The second kappa shape index (κ2) is 5.50. The van der Waals surface area contributed by atoms with Crippen LogP contribution >= 0.6 is 15.9 Å². The minimum atomic E-state index is -6.03. The maximum absolute atomic E-state index is 14.0. The molecule has 1 rings (SSSR count). The summed E-state index contributed by atoms with van der Waals surface area (Å²) in [5.41, 5.74) is -2.23. The van der Waals surface area contributed by atoms with Crippen molar-refractivity contribution in [2.45, 2.75) is 23.3 Å². The average Bonchev–Trinajstić information content (AvgIpc) is 2.27. The summed E-state index contributed by atoms with van der Waals surface area (Å²) >= 11 is 1.32. The largest absolute Gasteiger partial charge is 0.433 e. The lowest BCUT2D eigenvalue weighted by atomic mass is 9.94. The van der Waals surface area contributed by atoms with Gasteiger partial charge in [0, 0.05) is 5.56 Å². The lowest BCUT2D eigenvalue weighted by molar-refractivity contribution is -0.282. The van der Waals surface area contributed by atoms with Gasteiger partial charge in [-0.3, -0.25) is 0 Å². The molecule has 11 heteroatoms. The summed E-state index contributed by atoms with van der Waals surface area (Å²) in [5.74, 6) is -1.05. The molecule has 0 bridgehead atoms. The Kier molecular flexibility index (Phi) is 4.66. The van der Waals surface area contributed by atoms with E-state index in [1.165, 1.54) is 15.9 Å². The highest BCUT2D eigenvalue weighted by molar-refractivity contribution is 9.10. The van der Waals surface area contributed by atoms with Crippen molar-refractivity contribution >= 4 is 21.6 Å². The zero-order chi connectivity index (χ0) is 16.6. The molecule has 0 heterocycles. The third-order valence-electron chi connectivity index (χ3n) is 2.41. The Hall–Kier alpha value is -1.26. The molecule has 2 N–H and O–H groups in total. The first kappa shape index (κ1) is 17.8.